The molecular weight excluding hydrogens is 204 g/mol. The predicted octanol–water partition coefficient (Wildman–Crippen LogP) is 0.812. The van der Waals surface area contributed by atoms with Crippen LogP contribution in [0.25, 0.3) is 11.0 Å². The molecule has 0 saturated heterocycles. The maximum absolute atomic E-state index is 11.1. The Morgan fingerprint density at radius 3 is 2.88 bits per heavy atom. The summed E-state index contributed by atoms with van der Waals surface area (Å²) in [6.45, 7) is 0.677. The predicted molar refractivity (Wildman–Crippen MR) is 60.9 cm³/mol. The summed E-state index contributed by atoms with van der Waals surface area (Å²) in [6.07, 6.45) is 2.83. The van der Waals surface area contributed by atoms with Gasteiger partial charge in [-0.1, -0.05) is 6.07 Å². The van der Waals surface area contributed by atoms with Crippen molar-refractivity contribution in [3.8, 4) is 6.19 Å². The molecule has 0 fully saturated rings. The lowest BCUT2D eigenvalue weighted by atomic mass is 10.1. The zero-order chi connectivity index (χ0) is 11.5. The van der Waals surface area contributed by atoms with Gasteiger partial charge in [-0.2, -0.15) is 5.26 Å². The van der Waals surface area contributed by atoms with Crippen molar-refractivity contribution in [2.24, 2.45) is 0 Å². The van der Waals surface area contributed by atoms with Gasteiger partial charge in [0.05, 0.1) is 11.0 Å². The second-order valence-electron chi connectivity index (χ2n) is 3.73. The van der Waals surface area contributed by atoms with Gasteiger partial charge in [-0.3, -0.25) is 0 Å². The number of nitriles is 1. The minimum Gasteiger partial charge on any atom is -0.313 e. The van der Waals surface area contributed by atoms with E-state index in [0.29, 0.717) is 6.54 Å². The number of hydrogen-bond acceptors (Lipinski definition) is 3. The van der Waals surface area contributed by atoms with E-state index in [1.807, 2.05) is 24.4 Å². The second-order valence-corrected chi connectivity index (χ2v) is 3.73. The smallest absolute Gasteiger partial charge is 0.313 e. The number of nitrogens with zero attached hydrogens (tertiary/aromatic N) is 2. The maximum atomic E-state index is 11.1. The van der Waals surface area contributed by atoms with Crippen molar-refractivity contribution in [3.05, 3.63) is 34.2 Å². The Labute approximate surface area is 92.3 Å². The number of fused-ring (bicyclic) bond motifs is 1. The Morgan fingerprint density at radius 1 is 1.38 bits per heavy atom. The summed E-state index contributed by atoms with van der Waals surface area (Å²) in [7, 11) is 1.75. The second kappa shape index (κ2) is 4.11. The van der Waals surface area contributed by atoms with E-state index >= 15 is 0 Å². The Bertz CT molecular complexity index is 590. The number of aromatic amines is 2. The number of aromatic nitrogens is 2. The molecule has 0 aliphatic carbocycles. The third-order valence-electron chi connectivity index (χ3n) is 2.49. The first kappa shape index (κ1) is 10.3. The van der Waals surface area contributed by atoms with Gasteiger partial charge in [0.1, 0.15) is 0 Å². The van der Waals surface area contributed by atoms with Gasteiger partial charge in [-0.05, 0) is 24.1 Å². The highest BCUT2D eigenvalue weighted by Gasteiger charge is 2.01. The molecule has 5 nitrogen and oxygen atoms in total. The van der Waals surface area contributed by atoms with E-state index in [9.17, 15) is 4.79 Å². The minimum atomic E-state index is -0.193. The van der Waals surface area contributed by atoms with Crippen molar-refractivity contribution in [3.63, 3.8) is 0 Å². The molecule has 0 amide bonds. The summed E-state index contributed by atoms with van der Waals surface area (Å²) < 4.78 is 0. The van der Waals surface area contributed by atoms with Crippen molar-refractivity contribution in [1.29, 1.82) is 5.26 Å². The van der Waals surface area contributed by atoms with E-state index in [0.717, 1.165) is 23.0 Å². The molecule has 0 unspecified atom stereocenters. The lowest BCUT2D eigenvalue weighted by Gasteiger charge is -2.07. The average molecular weight is 216 g/mol. The highest BCUT2D eigenvalue weighted by Crippen LogP contribution is 2.10. The van der Waals surface area contributed by atoms with E-state index in [4.69, 9.17) is 5.26 Å². The SMILES string of the molecule is CN(C#N)CCc1ccc2[nH]c(=O)[nH]c2c1. The summed E-state index contributed by atoms with van der Waals surface area (Å²) in [5.41, 5.74) is 2.52. The van der Waals surface area contributed by atoms with Gasteiger partial charge in [-0.25, -0.2) is 4.79 Å². The molecule has 1 aromatic carbocycles. The number of likely N-dealkylation sites (N-methyl/N-ethyl adjacent to an activating group) is 1. The van der Waals surface area contributed by atoms with Gasteiger partial charge in [0.2, 0.25) is 0 Å². The van der Waals surface area contributed by atoms with Crippen LogP contribution < -0.4 is 5.69 Å². The van der Waals surface area contributed by atoms with E-state index in [1.165, 1.54) is 0 Å². The van der Waals surface area contributed by atoms with E-state index in [-0.39, 0.29) is 5.69 Å². The largest absolute Gasteiger partial charge is 0.323 e. The molecule has 1 aromatic heterocycles. The lowest BCUT2D eigenvalue weighted by molar-refractivity contribution is 0.478. The van der Waals surface area contributed by atoms with Crippen LogP contribution in [0, 0.1) is 11.5 Å². The van der Waals surface area contributed by atoms with Gasteiger partial charge >= 0.3 is 5.69 Å². The van der Waals surface area contributed by atoms with Crippen molar-refractivity contribution < 1.29 is 0 Å². The van der Waals surface area contributed by atoms with Crippen molar-refractivity contribution in [2.45, 2.75) is 6.42 Å². The van der Waals surface area contributed by atoms with Crippen LogP contribution in [0.1, 0.15) is 5.56 Å². The van der Waals surface area contributed by atoms with Gasteiger partial charge in [0.25, 0.3) is 0 Å². The molecule has 0 spiro atoms. The Balaban J connectivity index is 2.20. The van der Waals surface area contributed by atoms with Gasteiger partial charge in [0.15, 0.2) is 6.19 Å². The number of nitrogens with one attached hydrogen (secondary N) is 2. The minimum absolute atomic E-state index is 0.193. The molecule has 2 N–H and O–H groups in total. The maximum Gasteiger partial charge on any atom is 0.323 e. The third-order valence-corrected chi connectivity index (χ3v) is 2.49. The number of imidazole rings is 1. The number of rotatable bonds is 3. The topological polar surface area (TPSA) is 75.7 Å². The molecule has 82 valence electrons. The average Bonchev–Trinajstić information content (AvgIpc) is 2.65. The van der Waals surface area contributed by atoms with Crippen LogP contribution in [-0.2, 0) is 6.42 Å². The normalized spacial score (nSPS) is 10.2. The standard InChI is InChI=1S/C11H12N4O/c1-15(7-12)5-4-8-2-3-9-10(6-8)14-11(16)13-9/h2-3,6H,4-5H2,1H3,(H2,13,14,16). The fourth-order valence-corrected chi connectivity index (χ4v) is 1.58. The van der Waals surface area contributed by atoms with E-state index < -0.39 is 0 Å². The molecule has 0 radical (unpaired) electrons. The van der Waals surface area contributed by atoms with Crippen LogP contribution >= 0.6 is 0 Å². The molecule has 0 atom stereocenters. The Morgan fingerprint density at radius 2 is 2.12 bits per heavy atom. The summed E-state index contributed by atoms with van der Waals surface area (Å²) in [5, 5.41) is 8.61. The first-order valence-electron chi connectivity index (χ1n) is 5.01. The molecule has 2 rings (SSSR count). The number of benzene rings is 1. The molecular formula is C11H12N4O. The van der Waals surface area contributed by atoms with Crippen LogP contribution in [0.4, 0.5) is 0 Å². The highest BCUT2D eigenvalue weighted by molar-refractivity contribution is 5.74. The van der Waals surface area contributed by atoms with Crippen LogP contribution in [0.5, 0.6) is 0 Å². The fourth-order valence-electron chi connectivity index (χ4n) is 1.58. The Hall–Kier alpha value is -2.22. The quantitative estimate of drug-likeness (QED) is 0.589. The van der Waals surface area contributed by atoms with Gasteiger partial charge in [-0.15, -0.1) is 0 Å². The van der Waals surface area contributed by atoms with Gasteiger partial charge in [0, 0.05) is 13.6 Å². The first-order valence-corrected chi connectivity index (χ1v) is 5.01. The molecule has 0 aliphatic heterocycles. The van der Waals surface area contributed by atoms with E-state index in [1.54, 1.807) is 11.9 Å². The monoisotopic (exact) mass is 216 g/mol. The summed E-state index contributed by atoms with van der Waals surface area (Å²) >= 11 is 0. The van der Waals surface area contributed by atoms with E-state index in [2.05, 4.69) is 9.97 Å². The van der Waals surface area contributed by atoms with Crippen LogP contribution in [0.15, 0.2) is 23.0 Å². The zero-order valence-corrected chi connectivity index (χ0v) is 8.95. The molecule has 1 heterocycles. The molecule has 5 heteroatoms. The molecule has 0 aliphatic rings. The van der Waals surface area contributed by atoms with Crippen LogP contribution in [0.3, 0.4) is 0 Å². The van der Waals surface area contributed by atoms with Crippen LogP contribution in [0.2, 0.25) is 0 Å². The zero-order valence-electron chi connectivity index (χ0n) is 8.95. The van der Waals surface area contributed by atoms with Crippen LogP contribution in [-0.4, -0.2) is 28.5 Å². The molecule has 16 heavy (non-hydrogen) atoms. The summed E-state index contributed by atoms with van der Waals surface area (Å²) in [4.78, 5) is 18.0. The molecule has 2 aromatic rings. The summed E-state index contributed by atoms with van der Waals surface area (Å²) in [6, 6.07) is 5.75. The fraction of sp³-hybridized carbons (Fsp3) is 0.273. The first-order chi connectivity index (χ1) is 7.69. The van der Waals surface area contributed by atoms with Crippen molar-refractivity contribution >= 4 is 11.0 Å². The highest BCUT2D eigenvalue weighted by atomic mass is 16.1. The van der Waals surface area contributed by atoms with Gasteiger partial charge < -0.3 is 14.9 Å². The molecule has 0 saturated carbocycles. The lowest BCUT2D eigenvalue weighted by Crippen LogP contribution is -2.14. The Kier molecular flexibility index (Phi) is 2.64. The third kappa shape index (κ3) is 2.06. The van der Waals surface area contributed by atoms with Crippen molar-refractivity contribution in [1.82, 2.24) is 14.9 Å². The van der Waals surface area contributed by atoms with Crippen molar-refractivity contribution in [2.75, 3.05) is 13.6 Å². The molecule has 0 bridgehead atoms. The number of hydrogen-bond donors (Lipinski definition) is 2. The number of H-pyrrole nitrogens is 2. The summed E-state index contributed by atoms with van der Waals surface area (Å²) in [5.74, 6) is 0.